The molecule has 4 atom stereocenters. The number of hydrogen-bond donors (Lipinski definition) is 0. The third-order valence-electron chi connectivity index (χ3n) is 5.71. The van der Waals surface area contributed by atoms with Crippen molar-refractivity contribution in [1.82, 2.24) is 0 Å². The van der Waals surface area contributed by atoms with Gasteiger partial charge in [0.1, 0.15) is 0 Å². The first-order valence-corrected chi connectivity index (χ1v) is 8.21. The Hall–Kier alpha value is -0.0900. The van der Waals surface area contributed by atoms with Crippen LogP contribution in [0.25, 0.3) is 0 Å². The molecule has 2 aliphatic carbocycles. The molecule has 1 heterocycles. The van der Waals surface area contributed by atoms with Gasteiger partial charge in [-0.05, 0) is 36.0 Å². The topological polar surface area (TPSA) is 43.4 Å². The van der Waals surface area contributed by atoms with Crippen molar-refractivity contribution in [2.75, 3.05) is 0 Å². The molecule has 1 aliphatic heterocycles. The maximum absolute atomic E-state index is 12.3. The fourth-order valence-electron chi connectivity index (χ4n) is 5.44. The number of rotatable bonds is 2. The Morgan fingerprint density at radius 3 is 2.24 bits per heavy atom. The molecule has 0 aromatic rings. The second-order valence-corrected chi connectivity index (χ2v) is 8.38. The zero-order valence-electron chi connectivity index (χ0n) is 11.0. The van der Waals surface area contributed by atoms with Crippen LogP contribution in [0.5, 0.6) is 0 Å². The normalized spacial score (nSPS) is 45.1. The van der Waals surface area contributed by atoms with Crippen LogP contribution in [0.15, 0.2) is 0 Å². The maximum Gasteiger partial charge on any atom is 0.271 e. The fraction of sp³-hybridized carbons (Fsp3) is 1.00. The highest BCUT2D eigenvalue weighted by Gasteiger charge is 2.72. The quantitative estimate of drug-likeness (QED) is 0.714. The van der Waals surface area contributed by atoms with Gasteiger partial charge < -0.3 is 0 Å². The van der Waals surface area contributed by atoms with Crippen molar-refractivity contribution in [2.45, 2.75) is 51.9 Å². The molecular formula is C13H22O3S. The van der Waals surface area contributed by atoms with Crippen molar-refractivity contribution in [3.8, 4) is 0 Å². The summed E-state index contributed by atoms with van der Waals surface area (Å²) in [7, 11) is -3.33. The minimum atomic E-state index is -3.33. The molecule has 4 unspecified atom stereocenters. The van der Waals surface area contributed by atoms with Gasteiger partial charge in [0.05, 0.1) is 11.4 Å². The zero-order chi connectivity index (χ0) is 12.6. The lowest BCUT2D eigenvalue weighted by Crippen LogP contribution is -2.50. The van der Waals surface area contributed by atoms with Crippen molar-refractivity contribution in [1.29, 1.82) is 0 Å². The second-order valence-electron chi connectivity index (χ2n) is 6.69. The van der Waals surface area contributed by atoms with Gasteiger partial charge in [0.2, 0.25) is 0 Å². The van der Waals surface area contributed by atoms with Gasteiger partial charge in [0.15, 0.2) is 0 Å². The van der Waals surface area contributed by atoms with Gasteiger partial charge >= 0.3 is 0 Å². The van der Waals surface area contributed by atoms with E-state index in [1.165, 1.54) is 0 Å². The zero-order valence-corrected chi connectivity index (χ0v) is 11.8. The molecule has 3 fully saturated rings. The van der Waals surface area contributed by atoms with E-state index < -0.39 is 10.1 Å². The van der Waals surface area contributed by atoms with E-state index in [2.05, 4.69) is 27.7 Å². The van der Waals surface area contributed by atoms with Crippen LogP contribution in [0.3, 0.4) is 0 Å². The van der Waals surface area contributed by atoms with Crippen LogP contribution >= 0.6 is 0 Å². The Kier molecular flexibility index (Phi) is 2.30. The summed E-state index contributed by atoms with van der Waals surface area (Å²) in [5, 5.41) is -0.237. The first-order chi connectivity index (χ1) is 7.81. The third kappa shape index (κ3) is 1.19. The number of hydrogen-bond acceptors (Lipinski definition) is 3. The van der Waals surface area contributed by atoms with E-state index in [1.807, 2.05) is 0 Å². The molecule has 1 saturated heterocycles. The molecule has 0 aromatic heterocycles. The Balaban J connectivity index is 2.18. The molecule has 2 saturated carbocycles. The van der Waals surface area contributed by atoms with E-state index in [4.69, 9.17) is 4.18 Å². The summed E-state index contributed by atoms with van der Waals surface area (Å²) in [5.41, 5.74) is -0.0590. The van der Waals surface area contributed by atoms with Crippen molar-refractivity contribution in [3.63, 3.8) is 0 Å². The van der Waals surface area contributed by atoms with Crippen LogP contribution in [0.1, 0.15) is 40.5 Å². The van der Waals surface area contributed by atoms with Gasteiger partial charge in [-0.15, -0.1) is 0 Å². The molecule has 0 radical (unpaired) electrons. The minimum absolute atomic E-state index is 0.000579. The summed E-state index contributed by atoms with van der Waals surface area (Å²) in [5.74, 6) is 1.62. The highest BCUT2D eigenvalue weighted by molar-refractivity contribution is 7.87. The van der Waals surface area contributed by atoms with E-state index in [-0.39, 0.29) is 22.7 Å². The molecule has 0 aromatic carbocycles. The van der Waals surface area contributed by atoms with Gasteiger partial charge in [-0.2, -0.15) is 8.42 Å². The summed E-state index contributed by atoms with van der Waals surface area (Å²) in [6, 6.07) is 0. The number of fused-ring (bicyclic) bond motifs is 1. The average molecular weight is 258 g/mol. The van der Waals surface area contributed by atoms with Crippen LogP contribution < -0.4 is 0 Å². The van der Waals surface area contributed by atoms with Crippen molar-refractivity contribution >= 4 is 10.1 Å². The lowest BCUT2D eigenvalue weighted by molar-refractivity contribution is 0.0303. The molecule has 3 aliphatic rings. The van der Waals surface area contributed by atoms with Crippen molar-refractivity contribution in [2.24, 2.45) is 29.1 Å². The van der Waals surface area contributed by atoms with Crippen LogP contribution in [0.4, 0.5) is 0 Å². The fourth-order valence-corrected chi connectivity index (χ4v) is 8.07. The standard InChI is InChI=1S/C13H22O3S/c1-7(2)13(8(3)4)9-5-10-11(6-9)16-17(14,15)12(10)13/h7-12H,5-6H2,1-4H3. The Morgan fingerprint density at radius 1 is 1.12 bits per heavy atom. The average Bonchev–Trinajstić information content (AvgIpc) is 2.73. The minimum Gasteiger partial charge on any atom is -0.266 e. The highest BCUT2D eigenvalue weighted by atomic mass is 32.2. The van der Waals surface area contributed by atoms with Crippen LogP contribution in [-0.2, 0) is 14.3 Å². The summed E-state index contributed by atoms with van der Waals surface area (Å²) in [6.07, 6.45) is 2.02. The molecule has 3 rings (SSSR count). The molecule has 3 nitrogen and oxygen atoms in total. The molecular weight excluding hydrogens is 236 g/mol. The van der Waals surface area contributed by atoms with Crippen LogP contribution in [-0.4, -0.2) is 19.8 Å². The lowest BCUT2D eigenvalue weighted by Gasteiger charge is -2.47. The van der Waals surface area contributed by atoms with Crippen molar-refractivity contribution in [3.05, 3.63) is 0 Å². The van der Waals surface area contributed by atoms with Gasteiger partial charge in [-0.3, -0.25) is 4.18 Å². The Morgan fingerprint density at radius 2 is 1.71 bits per heavy atom. The molecule has 4 heteroatoms. The molecule has 2 bridgehead atoms. The van der Waals surface area contributed by atoms with E-state index >= 15 is 0 Å². The third-order valence-corrected chi connectivity index (χ3v) is 7.60. The summed E-state index contributed by atoms with van der Waals surface area (Å²) >= 11 is 0. The largest absolute Gasteiger partial charge is 0.271 e. The first kappa shape index (κ1) is 12.0. The lowest BCUT2D eigenvalue weighted by atomic mass is 9.59. The summed E-state index contributed by atoms with van der Waals surface area (Å²) in [4.78, 5) is 0. The van der Waals surface area contributed by atoms with Gasteiger partial charge in [-0.1, -0.05) is 27.7 Å². The highest BCUT2D eigenvalue weighted by Crippen LogP contribution is 2.68. The molecule has 0 amide bonds. The molecule has 17 heavy (non-hydrogen) atoms. The van der Waals surface area contributed by atoms with Gasteiger partial charge in [0, 0.05) is 5.92 Å². The predicted octanol–water partition coefficient (Wildman–Crippen LogP) is 2.42. The van der Waals surface area contributed by atoms with Crippen molar-refractivity contribution < 1.29 is 12.6 Å². The molecule has 98 valence electrons. The second kappa shape index (κ2) is 3.27. The summed E-state index contributed by atoms with van der Waals surface area (Å²) < 4.78 is 29.9. The molecule has 0 spiro atoms. The maximum atomic E-state index is 12.3. The Labute approximate surface area is 104 Å². The van der Waals surface area contributed by atoms with E-state index in [0.29, 0.717) is 17.8 Å². The van der Waals surface area contributed by atoms with E-state index in [1.54, 1.807) is 0 Å². The Bertz CT molecular complexity index is 428. The van der Waals surface area contributed by atoms with E-state index in [0.717, 1.165) is 12.8 Å². The predicted molar refractivity (Wildman–Crippen MR) is 65.9 cm³/mol. The monoisotopic (exact) mass is 258 g/mol. The smallest absolute Gasteiger partial charge is 0.266 e. The van der Waals surface area contributed by atoms with Crippen LogP contribution in [0, 0.1) is 29.1 Å². The molecule has 0 N–H and O–H groups in total. The van der Waals surface area contributed by atoms with E-state index in [9.17, 15) is 8.42 Å². The first-order valence-electron chi connectivity index (χ1n) is 6.74. The summed E-state index contributed by atoms with van der Waals surface area (Å²) in [6.45, 7) is 8.74. The SMILES string of the molecule is CC(C)C1(C(C)C)C2CC3OS(=O)(=O)C1C3C2. The van der Waals surface area contributed by atoms with Crippen LogP contribution in [0.2, 0.25) is 0 Å². The van der Waals surface area contributed by atoms with Gasteiger partial charge in [-0.25, -0.2) is 0 Å². The van der Waals surface area contributed by atoms with Gasteiger partial charge in [0.25, 0.3) is 10.1 Å².